The molecule has 2 aromatic rings. The minimum Gasteiger partial charge on any atom is -0.394 e. The minimum absolute atomic E-state index is 0.0122. The van der Waals surface area contributed by atoms with Gasteiger partial charge in [0.1, 0.15) is 5.82 Å². The maximum Gasteiger partial charge on any atom is 0.223 e. The van der Waals surface area contributed by atoms with Crippen molar-refractivity contribution in [3.63, 3.8) is 0 Å². The first kappa shape index (κ1) is 13.1. The highest BCUT2D eigenvalue weighted by atomic mass is 16.3. The van der Waals surface area contributed by atoms with Crippen LogP contribution >= 0.6 is 0 Å². The molecule has 2 heterocycles. The Morgan fingerprint density at radius 2 is 2.30 bits per heavy atom. The van der Waals surface area contributed by atoms with E-state index in [0.717, 1.165) is 36.2 Å². The molecule has 0 saturated carbocycles. The normalized spacial score (nSPS) is 18.9. The van der Waals surface area contributed by atoms with Gasteiger partial charge in [-0.05, 0) is 25.0 Å². The molecule has 1 aromatic heterocycles. The van der Waals surface area contributed by atoms with E-state index in [9.17, 15) is 9.90 Å². The van der Waals surface area contributed by atoms with Crippen molar-refractivity contribution in [2.45, 2.75) is 31.7 Å². The molecule has 0 aliphatic carbocycles. The maximum absolute atomic E-state index is 12.2. The van der Waals surface area contributed by atoms with Gasteiger partial charge in [0, 0.05) is 19.4 Å². The lowest BCUT2D eigenvalue weighted by molar-refractivity contribution is -0.132. The van der Waals surface area contributed by atoms with Crippen molar-refractivity contribution < 1.29 is 9.90 Å². The van der Waals surface area contributed by atoms with Crippen molar-refractivity contribution in [1.82, 2.24) is 14.9 Å². The number of benzene rings is 1. The van der Waals surface area contributed by atoms with Gasteiger partial charge in [-0.3, -0.25) is 4.79 Å². The molecule has 106 valence electrons. The zero-order valence-electron chi connectivity index (χ0n) is 11.4. The summed E-state index contributed by atoms with van der Waals surface area (Å²) in [6.45, 7) is 0.834. The van der Waals surface area contributed by atoms with Gasteiger partial charge in [-0.15, -0.1) is 0 Å². The van der Waals surface area contributed by atoms with E-state index in [0.29, 0.717) is 12.8 Å². The molecule has 1 aliphatic heterocycles. The number of aromatic amines is 1. The molecule has 0 radical (unpaired) electrons. The van der Waals surface area contributed by atoms with Gasteiger partial charge in [0.05, 0.1) is 23.7 Å². The van der Waals surface area contributed by atoms with Gasteiger partial charge in [0.15, 0.2) is 0 Å². The summed E-state index contributed by atoms with van der Waals surface area (Å²) in [5.41, 5.74) is 1.94. The lowest BCUT2D eigenvalue weighted by Gasteiger charge is -2.22. The highest BCUT2D eigenvalue weighted by Gasteiger charge is 2.27. The predicted molar refractivity (Wildman–Crippen MR) is 76.2 cm³/mol. The van der Waals surface area contributed by atoms with Gasteiger partial charge in [0.2, 0.25) is 5.91 Å². The number of carbonyl (C=O) groups excluding carboxylic acids is 1. The van der Waals surface area contributed by atoms with Crippen LogP contribution < -0.4 is 0 Å². The summed E-state index contributed by atoms with van der Waals surface area (Å²) in [5, 5.41) is 9.25. The van der Waals surface area contributed by atoms with E-state index < -0.39 is 0 Å². The number of amides is 1. The number of carbonyl (C=O) groups is 1. The summed E-state index contributed by atoms with van der Waals surface area (Å²) in [6.07, 6.45) is 2.95. The first-order valence-electron chi connectivity index (χ1n) is 7.12. The lowest BCUT2D eigenvalue weighted by atomic mass is 10.2. The van der Waals surface area contributed by atoms with Crippen LogP contribution in [0.1, 0.15) is 25.1 Å². The Kier molecular flexibility index (Phi) is 3.69. The molecule has 0 spiro atoms. The van der Waals surface area contributed by atoms with Gasteiger partial charge in [-0.1, -0.05) is 12.1 Å². The van der Waals surface area contributed by atoms with Gasteiger partial charge in [-0.25, -0.2) is 4.98 Å². The summed E-state index contributed by atoms with van der Waals surface area (Å²) >= 11 is 0. The molecular weight excluding hydrogens is 254 g/mol. The van der Waals surface area contributed by atoms with Gasteiger partial charge < -0.3 is 15.0 Å². The van der Waals surface area contributed by atoms with Gasteiger partial charge in [0.25, 0.3) is 0 Å². The average molecular weight is 273 g/mol. The highest BCUT2D eigenvalue weighted by molar-refractivity contribution is 5.78. The Balaban J connectivity index is 1.62. The molecule has 1 saturated heterocycles. The number of H-pyrrole nitrogens is 1. The Hall–Kier alpha value is -1.88. The number of fused-ring (bicyclic) bond motifs is 1. The molecule has 0 unspecified atom stereocenters. The standard InChI is InChI=1S/C15H19N3O2/c19-10-11-4-3-9-18(11)15(20)8-7-14-16-12-5-1-2-6-13(12)17-14/h1-2,5-6,11,19H,3-4,7-10H2,(H,16,17)/t11-/m1/s1. The van der Waals surface area contributed by atoms with Crippen molar-refractivity contribution >= 4 is 16.9 Å². The number of nitrogens with one attached hydrogen (secondary N) is 1. The third-order valence-electron chi connectivity index (χ3n) is 3.92. The molecule has 1 atom stereocenters. The Morgan fingerprint density at radius 1 is 1.45 bits per heavy atom. The Bertz CT molecular complexity index is 575. The van der Waals surface area contributed by atoms with Crippen LogP contribution in [-0.2, 0) is 11.2 Å². The molecule has 1 aliphatic rings. The maximum atomic E-state index is 12.2. The van der Waals surface area contributed by atoms with Crippen molar-refractivity contribution in [2.24, 2.45) is 0 Å². The van der Waals surface area contributed by atoms with E-state index >= 15 is 0 Å². The molecule has 1 amide bonds. The number of rotatable bonds is 4. The van der Waals surface area contributed by atoms with E-state index in [1.54, 1.807) is 0 Å². The second-order valence-electron chi connectivity index (χ2n) is 5.27. The van der Waals surface area contributed by atoms with Crippen LogP contribution in [0.5, 0.6) is 0 Å². The Morgan fingerprint density at radius 3 is 3.10 bits per heavy atom. The number of hydrogen-bond acceptors (Lipinski definition) is 3. The van der Waals surface area contributed by atoms with Gasteiger partial charge >= 0.3 is 0 Å². The van der Waals surface area contributed by atoms with Crippen LogP contribution in [0.2, 0.25) is 0 Å². The number of aryl methyl sites for hydroxylation is 1. The van der Waals surface area contributed by atoms with Crippen molar-refractivity contribution in [3.8, 4) is 0 Å². The van der Waals surface area contributed by atoms with Crippen LogP contribution in [0, 0.1) is 0 Å². The number of aliphatic hydroxyl groups is 1. The smallest absolute Gasteiger partial charge is 0.223 e. The van der Waals surface area contributed by atoms with Crippen molar-refractivity contribution in [2.75, 3.05) is 13.2 Å². The summed E-state index contributed by atoms with van der Waals surface area (Å²) in [6, 6.07) is 7.87. The molecule has 20 heavy (non-hydrogen) atoms. The van der Waals surface area contributed by atoms with E-state index in [1.807, 2.05) is 29.2 Å². The number of likely N-dealkylation sites (tertiary alicyclic amines) is 1. The topological polar surface area (TPSA) is 69.2 Å². The highest BCUT2D eigenvalue weighted by Crippen LogP contribution is 2.18. The molecule has 5 heteroatoms. The minimum atomic E-state index is 0.0122. The summed E-state index contributed by atoms with van der Waals surface area (Å²) in [7, 11) is 0. The number of hydrogen-bond donors (Lipinski definition) is 2. The van der Waals surface area contributed by atoms with E-state index in [2.05, 4.69) is 9.97 Å². The van der Waals surface area contributed by atoms with Crippen LogP contribution in [0.3, 0.4) is 0 Å². The zero-order valence-corrected chi connectivity index (χ0v) is 11.4. The first-order chi connectivity index (χ1) is 9.78. The number of para-hydroxylation sites is 2. The molecule has 3 rings (SSSR count). The van der Waals surface area contributed by atoms with E-state index in [4.69, 9.17) is 0 Å². The quantitative estimate of drug-likeness (QED) is 0.886. The van der Waals surface area contributed by atoms with E-state index in [1.165, 1.54) is 0 Å². The van der Waals surface area contributed by atoms with Crippen LogP contribution in [0.4, 0.5) is 0 Å². The Labute approximate surface area is 117 Å². The fraction of sp³-hybridized carbons (Fsp3) is 0.467. The number of aromatic nitrogens is 2. The van der Waals surface area contributed by atoms with E-state index in [-0.39, 0.29) is 18.6 Å². The SMILES string of the molecule is O=C(CCc1nc2ccccc2[nH]1)N1CCC[C@@H]1CO. The second-order valence-corrected chi connectivity index (χ2v) is 5.27. The molecule has 1 fully saturated rings. The largest absolute Gasteiger partial charge is 0.394 e. The summed E-state index contributed by atoms with van der Waals surface area (Å²) < 4.78 is 0. The third kappa shape index (κ3) is 2.54. The van der Waals surface area contributed by atoms with Crippen molar-refractivity contribution in [1.29, 1.82) is 0 Å². The molecule has 5 nitrogen and oxygen atoms in total. The molecule has 0 bridgehead atoms. The predicted octanol–water partition coefficient (Wildman–Crippen LogP) is 1.48. The van der Waals surface area contributed by atoms with Crippen molar-refractivity contribution in [3.05, 3.63) is 30.1 Å². The summed E-state index contributed by atoms with van der Waals surface area (Å²) in [5.74, 6) is 0.960. The average Bonchev–Trinajstić information content (AvgIpc) is 3.10. The zero-order chi connectivity index (χ0) is 13.9. The fourth-order valence-electron chi connectivity index (χ4n) is 2.85. The number of imidazole rings is 1. The first-order valence-corrected chi connectivity index (χ1v) is 7.12. The fourth-order valence-corrected chi connectivity index (χ4v) is 2.85. The third-order valence-corrected chi connectivity index (χ3v) is 3.92. The van der Waals surface area contributed by atoms with Gasteiger partial charge in [-0.2, -0.15) is 0 Å². The lowest BCUT2D eigenvalue weighted by Crippen LogP contribution is -2.37. The van der Waals surface area contributed by atoms with Crippen LogP contribution in [0.15, 0.2) is 24.3 Å². The van der Waals surface area contributed by atoms with Crippen LogP contribution in [-0.4, -0.2) is 45.1 Å². The number of nitrogens with zero attached hydrogens (tertiary/aromatic N) is 2. The second kappa shape index (κ2) is 5.63. The molecular formula is C15H19N3O2. The monoisotopic (exact) mass is 273 g/mol. The van der Waals surface area contributed by atoms with Crippen LogP contribution in [0.25, 0.3) is 11.0 Å². The number of aliphatic hydroxyl groups excluding tert-OH is 1. The molecule has 1 aromatic carbocycles. The summed E-state index contributed by atoms with van der Waals surface area (Å²) in [4.78, 5) is 21.7. The molecule has 2 N–H and O–H groups in total.